The van der Waals surface area contributed by atoms with Crippen molar-refractivity contribution in [2.24, 2.45) is 0 Å². The van der Waals surface area contributed by atoms with Crippen molar-refractivity contribution in [2.75, 3.05) is 0 Å². The second-order valence-corrected chi connectivity index (χ2v) is 6.81. The lowest BCUT2D eigenvalue weighted by Gasteiger charge is -2.26. The molecule has 0 saturated heterocycles. The number of nitrogens with zero attached hydrogens (tertiary/aromatic N) is 1. The molecule has 3 heteroatoms. The average molecular weight is 331 g/mol. The molecule has 0 bridgehead atoms. The zero-order valence-corrected chi connectivity index (χ0v) is 14.3. The van der Waals surface area contributed by atoms with E-state index in [0.29, 0.717) is 5.92 Å². The van der Waals surface area contributed by atoms with Crippen LogP contribution in [0.2, 0.25) is 0 Å². The molecule has 1 N–H and O–H groups in total. The molecule has 0 radical (unpaired) electrons. The van der Waals surface area contributed by atoms with Gasteiger partial charge in [-0.25, -0.2) is 4.79 Å². The first-order valence-electron chi connectivity index (χ1n) is 8.71. The van der Waals surface area contributed by atoms with E-state index in [-0.39, 0.29) is 0 Å². The zero-order chi connectivity index (χ0) is 17.4. The molecule has 25 heavy (non-hydrogen) atoms. The average Bonchev–Trinajstić information content (AvgIpc) is 2.92. The van der Waals surface area contributed by atoms with Gasteiger partial charge in [-0.1, -0.05) is 42.0 Å². The van der Waals surface area contributed by atoms with Gasteiger partial charge in [-0.15, -0.1) is 0 Å². The van der Waals surface area contributed by atoms with E-state index in [4.69, 9.17) is 5.11 Å². The Kier molecular flexibility index (Phi) is 3.92. The number of rotatable bonds is 3. The summed E-state index contributed by atoms with van der Waals surface area (Å²) in [6.07, 6.45) is 5.07. The molecule has 126 valence electrons. The summed E-state index contributed by atoms with van der Waals surface area (Å²) in [5.74, 6) is -0.402. The van der Waals surface area contributed by atoms with Crippen LogP contribution in [0.3, 0.4) is 0 Å². The first-order valence-corrected chi connectivity index (χ1v) is 8.71. The van der Waals surface area contributed by atoms with E-state index in [1.807, 2.05) is 0 Å². The van der Waals surface area contributed by atoms with Gasteiger partial charge in [0.1, 0.15) is 0 Å². The van der Waals surface area contributed by atoms with Crippen LogP contribution in [0.1, 0.15) is 34.7 Å². The first-order chi connectivity index (χ1) is 12.1. The lowest BCUT2D eigenvalue weighted by atomic mass is 9.90. The van der Waals surface area contributed by atoms with Gasteiger partial charge in [0.25, 0.3) is 0 Å². The fourth-order valence-electron chi connectivity index (χ4n) is 3.99. The summed E-state index contributed by atoms with van der Waals surface area (Å²) >= 11 is 0. The molecule has 1 unspecified atom stereocenters. The number of carboxylic acid groups (broad SMARTS) is 1. The van der Waals surface area contributed by atoms with Crippen molar-refractivity contribution in [3.63, 3.8) is 0 Å². The number of hydrogen-bond donors (Lipinski definition) is 1. The van der Waals surface area contributed by atoms with Gasteiger partial charge in [0, 0.05) is 40.7 Å². The normalized spacial score (nSPS) is 17.1. The molecule has 1 aliphatic rings. The Hall–Kier alpha value is -2.81. The molecule has 0 aliphatic carbocycles. The number of carboxylic acids is 1. The lowest BCUT2D eigenvalue weighted by Crippen LogP contribution is -2.18. The van der Waals surface area contributed by atoms with Gasteiger partial charge < -0.3 is 9.67 Å². The molecule has 0 saturated carbocycles. The number of carbonyl (C=O) groups is 1. The monoisotopic (exact) mass is 331 g/mol. The van der Waals surface area contributed by atoms with E-state index in [1.54, 1.807) is 6.08 Å². The van der Waals surface area contributed by atoms with Crippen LogP contribution in [0.25, 0.3) is 17.0 Å². The zero-order valence-electron chi connectivity index (χ0n) is 14.3. The highest BCUT2D eigenvalue weighted by atomic mass is 16.4. The minimum atomic E-state index is -0.904. The van der Waals surface area contributed by atoms with E-state index >= 15 is 0 Å². The van der Waals surface area contributed by atoms with Crippen molar-refractivity contribution in [1.82, 2.24) is 4.57 Å². The van der Waals surface area contributed by atoms with Crippen molar-refractivity contribution in [3.8, 4) is 0 Å². The number of aryl methyl sites for hydroxylation is 1. The van der Waals surface area contributed by atoms with Crippen molar-refractivity contribution in [1.29, 1.82) is 0 Å². The second-order valence-electron chi connectivity index (χ2n) is 6.81. The molecule has 4 rings (SSSR count). The molecule has 0 fully saturated rings. The molecule has 3 aromatic rings. The summed E-state index contributed by atoms with van der Waals surface area (Å²) < 4.78 is 2.39. The maximum Gasteiger partial charge on any atom is 0.328 e. The van der Waals surface area contributed by atoms with Gasteiger partial charge >= 0.3 is 5.97 Å². The Morgan fingerprint density at radius 1 is 1.20 bits per heavy atom. The summed E-state index contributed by atoms with van der Waals surface area (Å²) in [7, 11) is 0. The highest BCUT2D eigenvalue weighted by molar-refractivity contribution is 5.95. The van der Waals surface area contributed by atoms with Gasteiger partial charge in [-0.2, -0.15) is 0 Å². The number of fused-ring (bicyclic) bond motifs is 3. The highest BCUT2D eigenvalue weighted by Crippen LogP contribution is 2.37. The molecule has 2 heterocycles. The standard InChI is InChI=1S/C22H21NO2/c1-15-7-10-21-19(13-15)18(9-12-22(24)25)20-11-8-17(14-23(20)21)16-5-3-2-4-6-16/h2-7,9-10,12-13,17H,8,11,14H2,1H3,(H,24,25)/b12-9+. The van der Waals surface area contributed by atoms with Crippen LogP contribution in [0.4, 0.5) is 0 Å². The third-order valence-corrected chi connectivity index (χ3v) is 5.17. The quantitative estimate of drug-likeness (QED) is 0.702. The van der Waals surface area contributed by atoms with Gasteiger partial charge in [-0.05, 0) is 43.5 Å². The summed E-state index contributed by atoms with van der Waals surface area (Å²) in [4.78, 5) is 11.0. The first kappa shape index (κ1) is 15.7. The van der Waals surface area contributed by atoms with Crippen LogP contribution >= 0.6 is 0 Å². The topological polar surface area (TPSA) is 42.2 Å². The Balaban J connectivity index is 1.84. The third kappa shape index (κ3) is 2.86. The highest BCUT2D eigenvalue weighted by Gasteiger charge is 2.24. The predicted octanol–water partition coefficient (Wildman–Crippen LogP) is 4.78. The Labute approximate surface area is 147 Å². The van der Waals surface area contributed by atoms with E-state index < -0.39 is 5.97 Å². The van der Waals surface area contributed by atoms with Crippen LogP contribution in [0, 0.1) is 6.92 Å². The molecule has 3 nitrogen and oxygen atoms in total. The third-order valence-electron chi connectivity index (χ3n) is 5.17. The Bertz CT molecular complexity index is 967. The van der Waals surface area contributed by atoms with E-state index in [9.17, 15) is 4.79 Å². The molecule has 1 aromatic heterocycles. The largest absolute Gasteiger partial charge is 0.478 e. The minimum Gasteiger partial charge on any atom is -0.478 e. The number of hydrogen-bond acceptors (Lipinski definition) is 1. The van der Waals surface area contributed by atoms with Crippen molar-refractivity contribution >= 4 is 22.9 Å². The lowest BCUT2D eigenvalue weighted by molar-refractivity contribution is -0.131. The Morgan fingerprint density at radius 2 is 2.00 bits per heavy atom. The molecule has 0 amide bonds. The maximum atomic E-state index is 11.0. The van der Waals surface area contributed by atoms with Gasteiger partial charge in [-0.3, -0.25) is 0 Å². The van der Waals surface area contributed by atoms with E-state index in [2.05, 4.69) is 60.0 Å². The van der Waals surface area contributed by atoms with Crippen LogP contribution in [-0.4, -0.2) is 15.6 Å². The molecule has 1 atom stereocenters. The number of benzene rings is 2. The molecule has 1 aliphatic heterocycles. The fourth-order valence-corrected chi connectivity index (χ4v) is 3.99. The maximum absolute atomic E-state index is 11.0. The molecular weight excluding hydrogens is 310 g/mol. The van der Waals surface area contributed by atoms with Crippen LogP contribution < -0.4 is 0 Å². The fraction of sp³-hybridized carbons (Fsp3) is 0.227. The van der Waals surface area contributed by atoms with Crippen molar-refractivity contribution in [3.05, 3.63) is 77.0 Å². The predicted molar refractivity (Wildman–Crippen MR) is 101 cm³/mol. The van der Waals surface area contributed by atoms with E-state index in [0.717, 1.165) is 30.3 Å². The second kappa shape index (κ2) is 6.25. The minimum absolute atomic E-state index is 0.502. The summed E-state index contributed by atoms with van der Waals surface area (Å²) in [5.41, 5.74) is 6.09. The molecular formula is C22H21NO2. The van der Waals surface area contributed by atoms with Crippen LogP contribution in [0.15, 0.2) is 54.6 Å². The van der Waals surface area contributed by atoms with Gasteiger partial charge in [0.2, 0.25) is 0 Å². The number of aliphatic carboxylic acids is 1. The number of aromatic nitrogens is 1. The Morgan fingerprint density at radius 3 is 2.76 bits per heavy atom. The SMILES string of the molecule is Cc1ccc2c(c1)c(/C=C/C(=O)O)c1n2CC(c2ccccc2)CC1. The van der Waals surface area contributed by atoms with E-state index in [1.165, 1.54) is 28.4 Å². The van der Waals surface area contributed by atoms with Crippen molar-refractivity contribution < 1.29 is 9.90 Å². The van der Waals surface area contributed by atoms with Crippen molar-refractivity contribution in [2.45, 2.75) is 32.2 Å². The molecule has 0 spiro atoms. The molecule has 2 aromatic carbocycles. The van der Waals surface area contributed by atoms with Gasteiger partial charge in [0.05, 0.1) is 0 Å². The summed E-state index contributed by atoms with van der Waals surface area (Å²) in [6, 6.07) is 17.1. The summed E-state index contributed by atoms with van der Waals surface area (Å²) in [6.45, 7) is 3.02. The van der Waals surface area contributed by atoms with Crippen LogP contribution in [-0.2, 0) is 17.8 Å². The smallest absolute Gasteiger partial charge is 0.328 e. The van der Waals surface area contributed by atoms with Gasteiger partial charge in [0.15, 0.2) is 0 Å². The summed E-state index contributed by atoms with van der Waals surface area (Å²) in [5, 5.41) is 10.2. The van der Waals surface area contributed by atoms with Crippen LogP contribution in [0.5, 0.6) is 0 Å².